The molecule has 6 heteroatoms. The quantitative estimate of drug-likeness (QED) is 0.683. The first-order valence-electron chi connectivity index (χ1n) is 9.43. The molecule has 3 aromatic rings. The number of rotatable bonds is 6. The van der Waals surface area contributed by atoms with Crippen molar-refractivity contribution in [2.45, 2.75) is 0 Å². The molecule has 1 aliphatic rings. The molecule has 1 fully saturated rings. The van der Waals surface area contributed by atoms with Crippen LogP contribution in [0.5, 0.6) is 0 Å². The summed E-state index contributed by atoms with van der Waals surface area (Å²) in [5.41, 5.74) is 4.17. The molecule has 0 amide bonds. The topological polar surface area (TPSA) is 50.3 Å². The molecule has 146 valence electrons. The summed E-state index contributed by atoms with van der Waals surface area (Å²) in [7, 11) is 0. The van der Waals surface area contributed by atoms with Crippen LogP contribution in [0.2, 0.25) is 0 Å². The third-order valence-corrected chi connectivity index (χ3v) is 4.77. The van der Waals surface area contributed by atoms with Crippen LogP contribution >= 0.6 is 12.4 Å². The predicted molar refractivity (Wildman–Crippen MR) is 116 cm³/mol. The minimum atomic E-state index is 0. The molecule has 1 N–H and O–H groups in total. The molecule has 1 aliphatic heterocycles. The van der Waals surface area contributed by atoms with Gasteiger partial charge in [0, 0.05) is 37.3 Å². The molecule has 2 aromatic carbocycles. The molecule has 0 spiro atoms. The van der Waals surface area contributed by atoms with Crippen LogP contribution < -0.4 is 5.32 Å². The Balaban J connectivity index is 0.00000225. The second-order valence-corrected chi connectivity index (χ2v) is 6.60. The number of benzene rings is 2. The van der Waals surface area contributed by atoms with Gasteiger partial charge in [-0.25, -0.2) is 0 Å². The number of morpholine rings is 1. The van der Waals surface area contributed by atoms with E-state index in [1.807, 2.05) is 24.3 Å². The van der Waals surface area contributed by atoms with Crippen molar-refractivity contribution in [3.63, 3.8) is 0 Å². The fourth-order valence-corrected chi connectivity index (χ4v) is 3.27. The van der Waals surface area contributed by atoms with Crippen LogP contribution in [0, 0.1) is 0 Å². The van der Waals surface area contributed by atoms with Crippen LogP contribution in [-0.4, -0.2) is 54.5 Å². The normalized spacial score (nSPS) is 14.3. The van der Waals surface area contributed by atoms with E-state index in [0.717, 1.165) is 67.6 Å². The lowest BCUT2D eigenvalue weighted by molar-refractivity contribution is 0.0398. The van der Waals surface area contributed by atoms with E-state index in [2.05, 4.69) is 62.9 Å². The summed E-state index contributed by atoms with van der Waals surface area (Å²) in [4.78, 5) is 2.41. The van der Waals surface area contributed by atoms with Crippen LogP contribution in [0.1, 0.15) is 0 Å². The zero-order valence-corrected chi connectivity index (χ0v) is 16.6. The van der Waals surface area contributed by atoms with Gasteiger partial charge in [-0.05, 0) is 11.6 Å². The van der Waals surface area contributed by atoms with E-state index in [0.29, 0.717) is 0 Å². The van der Waals surface area contributed by atoms with Crippen molar-refractivity contribution in [3.05, 3.63) is 66.7 Å². The smallest absolute Gasteiger partial charge is 0.156 e. The van der Waals surface area contributed by atoms with Gasteiger partial charge in [0.25, 0.3) is 0 Å². The van der Waals surface area contributed by atoms with E-state index in [4.69, 9.17) is 4.74 Å². The van der Waals surface area contributed by atoms with Gasteiger partial charge in [0.15, 0.2) is 5.82 Å². The Morgan fingerprint density at radius 3 is 2.18 bits per heavy atom. The SMILES string of the molecule is Cl.c1ccc(-c2cc(-c3ccccc3)c(NCCN3CCOCC3)nn2)cc1. The third kappa shape index (κ3) is 5.07. The molecule has 28 heavy (non-hydrogen) atoms. The predicted octanol–water partition coefficient (Wildman–Crippen LogP) is 3.98. The van der Waals surface area contributed by atoms with Gasteiger partial charge in [0.2, 0.25) is 0 Å². The number of aromatic nitrogens is 2. The highest BCUT2D eigenvalue weighted by Gasteiger charge is 2.13. The van der Waals surface area contributed by atoms with Crippen molar-refractivity contribution >= 4 is 18.2 Å². The molecule has 0 unspecified atom stereocenters. The first-order valence-corrected chi connectivity index (χ1v) is 9.43. The van der Waals surface area contributed by atoms with Gasteiger partial charge in [-0.3, -0.25) is 4.90 Å². The molecule has 0 bridgehead atoms. The number of hydrogen-bond acceptors (Lipinski definition) is 5. The first kappa shape index (κ1) is 20.3. The Kier molecular flexibility index (Phi) is 7.37. The standard InChI is InChI=1S/C22H24N4O.ClH/c1-3-7-18(8-4-1)20-17-21(19-9-5-2-6-10-19)24-25-22(20)23-11-12-26-13-15-27-16-14-26;/h1-10,17H,11-16H2,(H,23,25);1H. The zero-order valence-electron chi connectivity index (χ0n) is 15.8. The van der Waals surface area contributed by atoms with Crippen LogP contribution in [0.4, 0.5) is 5.82 Å². The third-order valence-electron chi connectivity index (χ3n) is 4.77. The van der Waals surface area contributed by atoms with E-state index in [-0.39, 0.29) is 12.4 Å². The summed E-state index contributed by atoms with van der Waals surface area (Å²) in [5, 5.41) is 12.4. The first-order chi connectivity index (χ1) is 13.4. The Hall–Kier alpha value is -2.47. The highest BCUT2D eigenvalue weighted by atomic mass is 35.5. The van der Waals surface area contributed by atoms with Crippen LogP contribution in [0.15, 0.2) is 66.7 Å². The van der Waals surface area contributed by atoms with Gasteiger partial charge < -0.3 is 10.1 Å². The Morgan fingerprint density at radius 1 is 0.857 bits per heavy atom. The van der Waals surface area contributed by atoms with E-state index >= 15 is 0 Å². The maximum Gasteiger partial charge on any atom is 0.156 e. The highest BCUT2D eigenvalue weighted by molar-refractivity contribution is 5.85. The molecular weight excluding hydrogens is 372 g/mol. The van der Waals surface area contributed by atoms with Crippen LogP contribution in [0.25, 0.3) is 22.4 Å². The highest BCUT2D eigenvalue weighted by Crippen LogP contribution is 2.29. The van der Waals surface area contributed by atoms with E-state index in [9.17, 15) is 0 Å². The van der Waals surface area contributed by atoms with Gasteiger partial charge in [-0.15, -0.1) is 22.6 Å². The lowest BCUT2D eigenvalue weighted by atomic mass is 10.0. The maximum atomic E-state index is 5.41. The van der Waals surface area contributed by atoms with Gasteiger partial charge in [0.05, 0.1) is 18.9 Å². The number of anilines is 1. The molecule has 1 saturated heterocycles. The fraction of sp³-hybridized carbons (Fsp3) is 0.273. The van der Waals surface area contributed by atoms with Crippen molar-refractivity contribution in [3.8, 4) is 22.4 Å². The summed E-state index contributed by atoms with van der Waals surface area (Å²) in [6.07, 6.45) is 0. The number of hydrogen-bond donors (Lipinski definition) is 1. The molecule has 2 heterocycles. The van der Waals surface area contributed by atoms with Gasteiger partial charge >= 0.3 is 0 Å². The number of nitrogens with zero attached hydrogens (tertiary/aromatic N) is 3. The molecule has 0 atom stereocenters. The Labute approximate surface area is 172 Å². The van der Waals surface area contributed by atoms with E-state index in [1.165, 1.54) is 0 Å². The second-order valence-electron chi connectivity index (χ2n) is 6.60. The molecule has 4 rings (SSSR count). The minimum absolute atomic E-state index is 0. The summed E-state index contributed by atoms with van der Waals surface area (Å²) in [5.74, 6) is 0.828. The monoisotopic (exact) mass is 396 g/mol. The molecule has 5 nitrogen and oxygen atoms in total. The molecule has 0 radical (unpaired) electrons. The van der Waals surface area contributed by atoms with Crippen molar-refractivity contribution in [2.75, 3.05) is 44.7 Å². The molecular formula is C22H25ClN4O. The minimum Gasteiger partial charge on any atom is -0.379 e. The average Bonchev–Trinajstić information content (AvgIpc) is 2.76. The summed E-state index contributed by atoms with van der Waals surface area (Å²) >= 11 is 0. The van der Waals surface area contributed by atoms with Crippen molar-refractivity contribution < 1.29 is 4.74 Å². The zero-order chi connectivity index (χ0) is 18.3. The maximum absolute atomic E-state index is 5.41. The molecule has 1 aromatic heterocycles. The van der Waals surface area contributed by atoms with Crippen LogP contribution in [-0.2, 0) is 4.74 Å². The van der Waals surface area contributed by atoms with Gasteiger partial charge in [0.1, 0.15) is 0 Å². The largest absolute Gasteiger partial charge is 0.379 e. The van der Waals surface area contributed by atoms with Crippen LogP contribution in [0.3, 0.4) is 0 Å². The van der Waals surface area contributed by atoms with Crippen molar-refractivity contribution in [2.24, 2.45) is 0 Å². The van der Waals surface area contributed by atoms with E-state index in [1.54, 1.807) is 0 Å². The molecule has 0 aliphatic carbocycles. The van der Waals surface area contributed by atoms with Gasteiger partial charge in [-0.2, -0.15) is 0 Å². The van der Waals surface area contributed by atoms with Crippen molar-refractivity contribution in [1.82, 2.24) is 15.1 Å². The van der Waals surface area contributed by atoms with Crippen molar-refractivity contribution in [1.29, 1.82) is 0 Å². The molecule has 0 saturated carbocycles. The average molecular weight is 397 g/mol. The Morgan fingerprint density at radius 2 is 1.50 bits per heavy atom. The summed E-state index contributed by atoms with van der Waals surface area (Å²) in [6, 6.07) is 22.6. The van der Waals surface area contributed by atoms with E-state index < -0.39 is 0 Å². The number of halogens is 1. The Bertz CT molecular complexity index is 855. The lowest BCUT2D eigenvalue weighted by Gasteiger charge is -2.26. The number of ether oxygens (including phenoxy) is 1. The second kappa shape index (κ2) is 10.2. The fourth-order valence-electron chi connectivity index (χ4n) is 3.27. The summed E-state index contributed by atoms with van der Waals surface area (Å²) < 4.78 is 5.41. The lowest BCUT2D eigenvalue weighted by Crippen LogP contribution is -2.39. The van der Waals surface area contributed by atoms with Gasteiger partial charge in [-0.1, -0.05) is 60.7 Å². The summed E-state index contributed by atoms with van der Waals surface area (Å²) in [6.45, 7) is 5.43. The number of nitrogens with one attached hydrogen (secondary N) is 1.